The Labute approximate surface area is 72.5 Å². The lowest BCUT2D eigenvalue weighted by molar-refractivity contribution is -0.123. The molecule has 1 amide bonds. The van der Waals surface area contributed by atoms with Gasteiger partial charge in [-0.15, -0.1) is 0 Å². The second kappa shape index (κ2) is 4.42. The van der Waals surface area contributed by atoms with E-state index < -0.39 is 0 Å². The Hall–Kier alpha value is -0.610. The lowest BCUT2D eigenvalue weighted by Gasteiger charge is -2.26. The molecule has 0 aromatic rings. The van der Waals surface area contributed by atoms with Crippen LogP contribution in [0.2, 0.25) is 0 Å². The molecule has 1 saturated heterocycles. The second-order valence-corrected chi connectivity index (χ2v) is 3.09. The normalized spacial score (nSPS) is 21.8. The SMILES string of the molecule is CNC(=O)C(N)C1CCOCC1. The minimum Gasteiger partial charge on any atom is -0.381 e. The third-order valence-corrected chi connectivity index (χ3v) is 2.32. The molecule has 1 unspecified atom stereocenters. The predicted octanol–water partition coefficient (Wildman–Crippen LogP) is -0.514. The highest BCUT2D eigenvalue weighted by atomic mass is 16.5. The standard InChI is InChI=1S/C8H16N2O2/c1-10-8(11)7(9)6-2-4-12-5-3-6/h6-7H,2-5,9H2,1H3,(H,10,11). The monoisotopic (exact) mass is 172 g/mol. The first-order valence-electron chi connectivity index (χ1n) is 4.30. The van der Waals surface area contributed by atoms with E-state index in [1.54, 1.807) is 7.05 Å². The Morgan fingerprint density at radius 3 is 2.67 bits per heavy atom. The number of amides is 1. The van der Waals surface area contributed by atoms with E-state index in [4.69, 9.17) is 10.5 Å². The summed E-state index contributed by atoms with van der Waals surface area (Å²) in [5.74, 6) is 0.223. The van der Waals surface area contributed by atoms with E-state index in [1.165, 1.54) is 0 Å². The average molecular weight is 172 g/mol. The maximum atomic E-state index is 11.1. The number of carbonyl (C=O) groups is 1. The molecule has 70 valence electrons. The van der Waals surface area contributed by atoms with Crippen molar-refractivity contribution in [2.24, 2.45) is 11.7 Å². The number of ether oxygens (including phenoxy) is 1. The first kappa shape index (κ1) is 9.48. The molecule has 1 rings (SSSR count). The lowest BCUT2D eigenvalue weighted by Crippen LogP contribution is -2.45. The van der Waals surface area contributed by atoms with Crippen LogP contribution < -0.4 is 11.1 Å². The van der Waals surface area contributed by atoms with Gasteiger partial charge in [0, 0.05) is 20.3 Å². The Morgan fingerprint density at radius 1 is 1.58 bits per heavy atom. The zero-order chi connectivity index (χ0) is 8.97. The van der Waals surface area contributed by atoms with Crippen molar-refractivity contribution in [3.63, 3.8) is 0 Å². The van der Waals surface area contributed by atoms with Gasteiger partial charge < -0.3 is 15.8 Å². The summed E-state index contributed by atoms with van der Waals surface area (Å²) < 4.78 is 5.18. The van der Waals surface area contributed by atoms with E-state index in [1.807, 2.05) is 0 Å². The molecular formula is C8H16N2O2. The van der Waals surface area contributed by atoms with Gasteiger partial charge in [-0.25, -0.2) is 0 Å². The summed E-state index contributed by atoms with van der Waals surface area (Å²) in [5, 5.41) is 2.56. The van der Waals surface area contributed by atoms with Gasteiger partial charge in [-0.1, -0.05) is 0 Å². The van der Waals surface area contributed by atoms with Crippen molar-refractivity contribution in [2.75, 3.05) is 20.3 Å². The molecule has 1 aliphatic rings. The van der Waals surface area contributed by atoms with Gasteiger partial charge in [0.05, 0.1) is 6.04 Å². The predicted molar refractivity (Wildman–Crippen MR) is 45.6 cm³/mol. The summed E-state index contributed by atoms with van der Waals surface area (Å²) in [6, 6.07) is -0.362. The highest BCUT2D eigenvalue weighted by Gasteiger charge is 2.25. The number of nitrogens with one attached hydrogen (secondary N) is 1. The summed E-state index contributed by atoms with van der Waals surface area (Å²) in [5.41, 5.74) is 5.73. The summed E-state index contributed by atoms with van der Waals surface area (Å²) >= 11 is 0. The smallest absolute Gasteiger partial charge is 0.236 e. The van der Waals surface area contributed by atoms with Crippen LogP contribution in [0.4, 0.5) is 0 Å². The molecule has 0 aromatic heterocycles. The third-order valence-electron chi connectivity index (χ3n) is 2.32. The van der Waals surface area contributed by atoms with Gasteiger partial charge in [-0.05, 0) is 18.8 Å². The van der Waals surface area contributed by atoms with Crippen LogP contribution in [-0.2, 0) is 9.53 Å². The van der Waals surface area contributed by atoms with E-state index in [2.05, 4.69) is 5.32 Å². The third kappa shape index (κ3) is 2.19. The van der Waals surface area contributed by atoms with Crippen molar-refractivity contribution in [3.8, 4) is 0 Å². The molecule has 4 nitrogen and oxygen atoms in total. The van der Waals surface area contributed by atoms with E-state index in [0.717, 1.165) is 26.1 Å². The fourth-order valence-electron chi connectivity index (χ4n) is 1.46. The molecule has 0 saturated carbocycles. The van der Waals surface area contributed by atoms with Crippen LogP contribution in [0.25, 0.3) is 0 Å². The van der Waals surface area contributed by atoms with Gasteiger partial charge in [-0.3, -0.25) is 4.79 Å². The van der Waals surface area contributed by atoms with E-state index in [9.17, 15) is 4.79 Å². The number of rotatable bonds is 2. The first-order chi connectivity index (χ1) is 5.75. The van der Waals surface area contributed by atoms with Crippen molar-refractivity contribution in [2.45, 2.75) is 18.9 Å². The van der Waals surface area contributed by atoms with Gasteiger partial charge in [0.25, 0.3) is 0 Å². The molecule has 0 bridgehead atoms. The molecular weight excluding hydrogens is 156 g/mol. The molecule has 1 fully saturated rings. The number of hydrogen-bond donors (Lipinski definition) is 2. The average Bonchev–Trinajstić information content (AvgIpc) is 2.17. The molecule has 0 aromatic carbocycles. The zero-order valence-corrected chi connectivity index (χ0v) is 7.38. The maximum Gasteiger partial charge on any atom is 0.236 e. The van der Waals surface area contributed by atoms with Crippen LogP contribution in [0.15, 0.2) is 0 Å². The number of nitrogens with two attached hydrogens (primary N) is 1. The van der Waals surface area contributed by atoms with Crippen molar-refractivity contribution < 1.29 is 9.53 Å². The second-order valence-electron chi connectivity index (χ2n) is 3.09. The van der Waals surface area contributed by atoms with Gasteiger partial charge in [-0.2, -0.15) is 0 Å². The molecule has 4 heteroatoms. The van der Waals surface area contributed by atoms with Gasteiger partial charge >= 0.3 is 0 Å². The van der Waals surface area contributed by atoms with Gasteiger partial charge in [0.1, 0.15) is 0 Å². The van der Waals surface area contributed by atoms with Crippen LogP contribution in [0.1, 0.15) is 12.8 Å². The van der Waals surface area contributed by atoms with Crippen molar-refractivity contribution in [1.29, 1.82) is 0 Å². The van der Waals surface area contributed by atoms with Crippen LogP contribution in [-0.4, -0.2) is 32.2 Å². The van der Waals surface area contributed by atoms with E-state index in [-0.39, 0.29) is 11.9 Å². The number of carbonyl (C=O) groups excluding carboxylic acids is 1. The molecule has 0 radical (unpaired) electrons. The van der Waals surface area contributed by atoms with E-state index >= 15 is 0 Å². The molecule has 3 N–H and O–H groups in total. The van der Waals surface area contributed by atoms with Crippen LogP contribution in [0.3, 0.4) is 0 Å². The molecule has 0 aliphatic carbocycles. The summed E-state index contributed by atoms with van der Waals surface area (Å²) in [6.45, 7) is 1.46. The minimum absolute atomic E-state index is 0.0677. The quantitative estimate of drug-likeness (QED) is 0.589. The zero-order valence-electron chi connectivity index (χ0n) is 7.38. The largest absolute Gasteiger partial charge is 0.381 e. The summed E-state index contributed by atoms with van der Waals surface area (Å²) in [6.07, 6.45) is 1.79. The van der Waals surface area contributed by atoms with Gasteiger partial charge in [0.2, 0.25) is 5.91 Å². The van der Waals surface area contributed by atoms with Crippen LogP contribution in [0, 0.1) is 5.92 Å². The molecule has 0 spiro atoms. The van der Waals surface area contributed by atoms with Crippen molar-refractivity contribution in [1.82, 2.24) is 5.32 Å². The first-order valence-corrected chi connectivity index (χ1v) is 4.30. The topological polar surface area (TPSA) is 64.4 Å². The molecule has 12 heavy (non-hydrogen) atoms. The minimum atomic E-state index is -0.362. The fraction of sp³-hybridized carbons (Fsp3) is 0.875. The molecule has 1 atom stereocenters. The maximum absolute atomic E-state index is 11.1. The van der Waals surface area contributed by atoms with Crippen molar-refractivity contribution >= 4 is 5.91 Å². The Kier molecular flexibility index (Phi) is 3.49. The Morgan fingerprint density at radius 2 is 2.17 bits per heavy atom. The van der Waals surface area contributed by atoms with E-state index in [0.29, 0.717) is 5.92 Å². The number of hydrogen-bond acceptors (Lipinski definition) is 3. The van der Waals surface area contributed by atoms with Crippen LogP contribution >= 0.6 is 0 Å². The summed E-state index contributed by atoms with van der Waals surface area (Å²) in [4.78, 5) is 11.1. The summed E-state index contributed by atoms with van der Waals surface area (Å²) in [7, 11) is 1.61. The highest BCUT2D eigenvalue weighted by Crippen LogP contribution is 2.17. The molecule has 1 heterocycles. The molecule has 1 aliphatic heterocycles. The van der Waals surface area contributed by atoms with Crippen molar-refractivity contribution in [3.05, 3.63) is 0 Å². The van der Waals surface area contributed by atoms with Gasteiger partial charge in [0.15, 0.2) is 0 Å². The van der Waals surface area contributed by atoms with Crippen LogP contribution in [0.5, 0.6) is 0 Å². The fourth-order valence-corrected chi connectivity index (χ4v) is 1.46. The number of likely N-dealkylation sites (N-methyl/N-ethyl adjacent to an activating group) is 1. The lowest BCUT2D eigenvalue weighted by atomic mass is 9.92. The Bertz CT molecular complexity index is 155. The Balaban J connectivity index is 2.39. The highest BCUT2D eigenvalue weighted by molar-refractivity contribution is 5.81.